The number of carbonyl (C=O) groups is 1. The molecule has 0 aliphatic carbocycles. The summed E-state index contributed by atoms with van der Waals surface area (Å²) in [5.74, 6) is -0.920. The highest BCUT2D eigenvalue weighted by atomic mass is 32.1. The molecule has 0 spiro atoms. The van der Waals surface area contributed by atoms with E-state index >= 15 is 0 Å². The van der Waals surface area contributed by atoms with Crippen molar-refractivity contribution in [3.05, 3.63) is 77.6 Å². The number of hydrogen-bond donors (Lipinski definition) is 1. The van der Waals surface area contributed by atoms with E-state index in [2.05, 4.69) is 15.2 Å². The van der Waals surface area contributed by atoms with Gasteiger partial charge in [-0.2, -0.15) is 5.10 Å². The third-order valence-electron chi connectivity index (χ3n) is 3.99. The summed E-state index contributed by atoms with van der Waals surface area (Å²) in [7, 11) is 0. The molecule has 7 heteroatoms. The molecule has 26 heavy (non-hydrogen) atoms. The van der Waals surface area contributed by atoms with Gasteiger partial charge >= 0.3 is 0 Å². The number of halogens is 1. The second kappa shape index (κ2) is 6.61. The van der Waals surface area contributed by atoms with Gasteiger partial charge in [-0.05, 0) is 35.4 Å². The fraction of sp³-hybridized carbons (Fsp3) is 0.0526. The lowest BCUT2D eigenvalue weighted by molar-refractivity contribution is 0.0996. The van der Waals surface area contributed by atoms with Crippen molar-refractivity contribution < 1.29 is 9.18 Å². The van der Waals surface area contributed by atoms with Crippen LogP contribution in [0, 0.1) is 5.82 Å². The fourth-order valence-corrected chi connectivity index (χ4v) is 3.91. The van der Waals surface area contributed by atoms with Crippen LogP contribution in [-0.4, -0.2) is 21.1 Å². The summed E-state index contributed by atoms with van der Waals surface area (Å²) >= 11 is 1.39. The third-order valence-corrected chi connectivity index (χ3v) is 5.18. The Balaban J connectivity index is 1.87. The van der Waals surface area contributed by atoms with Crippen molar-refractivity contribution >= 4 is 27.3 Å². The van der Waals surface area contributed by atoms with Crippen LogP contribution in [0.4, 0.5) is 4.39 Å². The van der Waals surface area contributed by atoms with E-state index in [1.165, 1.54) is 23.5 Å². The molecule has 0 atom stereocenters. The maximum atomic E-state index is 13.2. The van der Waals surface area contributed by atoms with E-state index in [-0.39, 0.29) is 11.5 Å². The summed E-state index contributed by atoms with van der Waals surface area (Å²) in [5.41, 5.74) is 8.19. The Hall–Kier alpha value is -3.19. The van der Waals surface area contributed by atoms with Gasteiger partial charge < -0.3 is 5.73 Å². The summed E-state index contributed by atoms with van der Waals surface area (Å²) in [6, 6.07) is 12.0. The van der Waals surface area contributed by atoms with Crippen LogP contribution in [0.1, 0.15) is 21.7 Å². The van der Waals surface area contributed by atoms with Crippen LogP contribution in [0.25, 0.3) is 20.5 Å². The predicted octanol–water partition coefficient (Wildman–Crippen LogP) is 3.58. The molecule has 3 aromatic heterocycles. The lowest BCUT2D eigenvalue weighted by atomic mass is 10.1. The van der Waals surface area contributed by atoms with Crippen LogP contribution in [-0.2, 0) is 6.42 Å². The number of hydrogen-bond acceptors (Lipinski definition) is 5. The monoisotopic (exact) mass is 364 g/mol. The number of carbonyl (C=O) groups excluding carboxylic acids is 1. The first-order chi connectivity index (χ1) is 12.6. The highest BCUT2D eigenvalue weighted by molar-refractivity contribution is 7.22. The Kier molecular flexibility index (Phi) is 4.14. The maximum absolute atomic E-state index is 13.2. The van der Waals surface area contributed by atoms with Gasteiger partial charge in [0.25, 0.3) is 5.91 Å². The van der Waals surface area contributed by atoms with Gasteiger partial charge in [-0.1, -0.05) is 18.2 Å². The van der Waals surface area contributed by atoms with Crippen LogP contribution in [0.2, 0.25) is 0 Å². The Morgan fingerprint density at radius 2 is 1.96 bits per heavy atom. The van der Waals surface area contributed by atoms with Crippen LogP contribution < -0.4 is 5.73 Å². The standard InChI is InChI=1S/C19H13FN4OS/c20-13-5-3-12(4-6-13)16-9-14-15(8-11-2-1-7-22-10-11)23-24-17(19(21)25)18(14)26-16/h1-7,9-10H,8H2,(H2,21,25). The zero-order valence-electron chi connectivity index (χ0n) is 13.5. The van der Waals surface area contributed by atoms with Crippen LogP contribution in [0.15, 0.2) is 54.9 Å². The first-order valence-electron chi connectivity index (χ1n) is 7.85. The second-order valence-electron chi connectivity index (χ2n) is 5.76. The second-order valence-corrected chi connectivity index (χ2v) is 6.81. The van der Waals surface area contributed by atoms with Crippen molar-refractivity contribution in [3.63, 3.8) is 0 Å². The van der Waals surface area contributed by atoms with E-state index in [1.807, 2.05) is 18.2 Å². The van der Waals surface area contributed by atoms with E-state index in [4.69, 9.17) is 5.73 Å². The molecular formula is C19H13FN4OS. The van der Waals surface area contributed by atoms with Crippen molar-refractivity contribution in [3.8, 4) is 10.4 Å². The highest BCUT2D eigenvalue weighted by Crippen LogP contribution is 2.36. The Morgan fingerprint density at radius 3 is 2.65 bits per heavy atom. The van der Waals surface area contributed by atoms with E-state index in [0.717, 1.165) is 27.1 Å². The molecule has 1 aromatic carbocycles. The molecule has 0 saturated carbocycles. The lowest BCUT2D eigenvalue weighted by Crippen LogP contribution is -2.14. The molecule has 2 N–H and O–H groups in total. The molecule has 128 valence electrons. The third kappa shape index (κ3) is 3.04. The minimum Gasteiger partial charge on any atom is -0.364 e. The zero-order chi connectivity index (χ0) is 18.1. The van der Waals surface area contributed by atoms with Gasteiger partial charge in [-0.15, -0.1) is 16.4 Å². The molecule has 4 rings (SSSR count). The molecule has 0 saturated heterocycles. The number of fused-ring (bicyclic) bond motifs is 1. The summed E-state index contributed by atoms with van der Waals surface area (Å²) in [6.45, 7) is 0. The van der Waals surface area contributed by atoms with E-state index < -0.39 is 5.91 Å². The van der Waals surface area contributed by atoms with E-state index in [9.17, 15) is 9.18 Å². The number of thiophene rings is 1. The van der Waals surface area contributed by atoms with Crippen molar-refractivity contribution in [2.45, 2.75) is 6.42 Å². The molecule has 4 aromatic rings. The molecule has 0 unspecified atom stereocenters. The van der Waals surface area contributed by atoms with Gasteiger partial charge in [0.1, 0.15) is 5.82 Å². The van der Waals surface area contributed by atoms with Gasteiger partial charge in [-0.3, -0.25) is 9.78 Å². The van der Waals surface area contributed by atoms with E-state index in [1.54, 1.807) is 24.5 Å². The average Bonchev–Trinajstić information content (AvgIpc) is 3.09. The van der Waals surface area contributed by atoms with E-state index in [0.29, 0.717) is 11.1 Å². The van der Waals surface area contributed by atoms with Gasteiger partial charge in [-0.25, -0.2) is 4.39 Å². The first kappa shape index (κ1) is 16.3. The van der Waals surface area contributed by atoms with Crippen LogP contribution in [0.3, 0.4) is 0 Å². The number of rotatable bonds is 4. The molecule has 3 heterocycles. The lowest BCUT2D eigenvalue weighted by Gasteiger charge is -2.03. The molecule has 0 aliphatic heterocycles. The van der Waals surface area contributed by atoms with Crippen LogP contribution >= 0.6 is 11.3 Å². The highest BCUT2D eigenvalue weighted by Gasteiger charge is 2.18. The molecule has 5 nitrogen and oxygen atoms in total. The molecule has 0 aliphatic rings. The average molecular weight is 364 g/mol. The molecule has 1 amide bonds. The van der Waals surface area contributed by atoms with Crippen molar-refractivity contribution in [1.82, 2.24) is 15.2 Å². The number of aromatic nitrogens is 3. The molecule has 0 bridgehead atoms. The number of benzene rings is 1. The molecular weight excluding hydrogens is 351 g/mol. The minimum atomic E-state index is -0.622. The quantitative estimate of drug-likeness (QED) is 0.600. The minimum absolute atomic E-state index is 0.147. The zero-order valence-corrected chi connectivity index (χ0v) is 14.3. The number of nitrogens with two attached hydrogens (primary N) is 1. The van der Waals surface area contributed by atoms with Crippen molar-refractivity contribution in [2.75, 3.05) is 0 Å². The van der Waals surface area contributed by atoms with Gasteiger partial charge in [0.05, 0.1) is 10.4 Å². The largest absolute Gasteiger partial charge is 0.364 e. The maximum Gasteiger partial charge on any atom is 0.270 e. The Labute approximate surface area is 152 Å². The van der Waals surface area contributed by atoms with Crippen LogP contribution in [0.5, 0.6) is 0 Å². The summed E-state index contributed by atoms with van der Waals surface area (Å²) < 4.78 is 13.9. The summed E-state index contributed by atoms with van der Waals surface area (Å²) in [4.78, 5) is 16.7. The molecule has 0 fully saturated rings. The van der Waals surface area contributed by atoms with Gasteiger partial charge in [0, 0.05) is 29.1 Å². The molecule has 0 radical (unpaired) electrons. The summed E-state index contributed by atoms with van der Waals surface area (Å²) in [5, 5.41) is 9.06. The number of primary amides is 1. The number of pyridine rings is 1. The van der Waals surface area contributed by atoms with Crippen molar-refractivity contribution in [2.24, 2.45) is 5.73 Å². The van der Waals surface area contributed by atoms with Crippen molar-refractivity contribution in [1.29, 1.82) is 0 Å². The summed E-state index contributed by atoms with van der Waals surface area (Å²) in [6.07, 6.45) is 4.01. The number of amides is 1. The Morgan fingerprint density at radius 1 is 1.15 bits per heavy atom. The number of nitrogens with zero attached hydrogens (tertiary/aromatic N) is 3. The van der Waals surface area contributed by atoms with Gasteiger partial charge in [0.15, 0.2) is 5.69 Å². The first-order valence-corrected chi connectivity index (χ1v) is 8.67. The normalized spacial score (nSPS) is 11.0. The topological polar surface area (TPSA) is 81.8 Å². The van der Waals surface area contributed by atoms with Gasteiger partial charge in [0.2, 0.25) is 0 Å². The Bertz CT molecular complexity index is 1090. The predicted molar refractivity (Wildman–Crippen MR) is 98.4 cm³/mol. The smallest absolute Gasteiger partial charge is 0.270 e. The fourth-order valence-electron chi connectivity index (χ4n) is 2.74. The SMILES string of the molecule is NC(=O)c1nnc(Cc2cccnc2)c2cc(-c3ccc(F)cc3)sc12.